The van der Waals surface area contributed by atoms with Gasteiger partial charge in [-0.05, 0) is 0 Å². The standard InChI is InChI=1S/C12H10Cl6N2O5/c13-11(14,15)3-23-9(21)19-5-1-2-6(8-7(5)25-8)20(19)10(22)24-4-12(16,17)18/h1-2,5-8H,3-4H2/t5-,6-,7-,8-/m1/s1. The topological polar surface area (TPSA) is 71.6 Å². The molecule has 3 aliphatic heterocycles. The summed E-state index contributed by atoms with van der Waals surface area (Å²) >= 11 is 33.5. The van der Waals surface area contributed by atoms with E-state index in [1.165, 1.54) is 0 Å². The van der Waals surface area contributed by atoms with Crippen molar-refractivity contribution in [3.8, 4) is 0 Å². The summed E-state index contributed by atoms with van der Waals surface area (Å²) < 4.78 is 11.8. The van der Waals surface area contributed by atoms with Crippen LogP contribution in [-0.2, 0) is 14.2 Å². The first kappa shape index (κ1) is 19.7. The second-order valence-corrected chi connectivity index (χ2v) is 10.5. The maximum absolute atomic E-state index is 12.4. The Morgan fingerprint density at radius 1 is 0.840 bits per heavy atom. The van der Waals surface area contributed by atoms with Crippen LogP contribution in [0.3, 0.4) is 0 Å². The number of fused-ring (bicyclic) bond motifs is 1. The van der Waals surface area contributed by atoms with Gasteiger partial charge in [0.15, 0.2) is 0 Å². The van der Waals surface area contributed by atoms with Crippen LogP contribution in [0.15, 0.2) is 12.2 Å². The molecule has 3 heterocycles. The average Bonchev–Trinajstić information content (AvgIpc) is 3.30. The van der Waals surface area contributed by atoms with Crippen LogP contribution in [0, 0.1) is 0 Å². The van der Waals surface area contributed by atoms with Crippen molar-refractivity contribution in [1.29, 1.82) is 0 Å². The third-order valence-corrected chi connectivity index (χ3v) is 4.28. The molecule has 4 atom stereocenters. The minimum atomic E-state index is -1.79. The number of carbonyl (C=O) groups excluding carboxylic acids is 2. The highest BCUT2D eigenvalue weighted by Crippen LogP contribution is 2.45. The second-order valence-electron chi connectivity index (χ2n) is 5.46. The van der Waals surface area contributed by atoms with Gasteiger partial charge in [0.05, 0.1) is 0 Å². The molecule has 2 saturated heterocycles. The van der Waals surface area contributed by atoms with Gasteiger partial charge in [0.25, 0.3) is 0 Å². The number of amides is 2. The fourth-order valence-electron chi connectivity index (χ4n) is 2.70. The highest BCUT2D eigenvalue weighted by Gasteiger charge is 2.63. The van der Waals surface area contributed by atoms with Crippen LogP contribution in [0.5, 0.6) is 0 Å². The molecule has 13 heteroatoms. The lowest BCUT2D eigenvalue weighted by atomic mass is 9.94. The zero-order valence-electron chi connectivity index (χ0n) is 12.1. The van der Waals surface area contributed by atoms with Gasteiger partial charge < -0.3 is 14.2 Å². The summed E-state index contributed by atoms with van der Waals surface area (Å²) in [5.74, 6) is 0. The molecule has 2 bridgehead atoms. The number of nitrogens with zero attached hydrogens (tertiary/aromatic N) is 2. The van der Waals surface area contributed by atoms with E-state index in [0.717, 1.165) is 10.0 Å². The van der Waals surface area contributed by atoms with Crippen molar-refractivity contribution in [2.24, 2.45) is 0 Å². The highest BCUT2D eigenvalue weighted by atomic mass is 35.6. The van der Waals surface area contributed by atoms with Crippen LogP contribution < -0.4 is 0 Å². The third-order valence-electron chi connectivity index (χ3n) is 3.63. The molecule has 140 valence electrons. The van der Waals surface area contributed by atoms with E-state index in [9.17, 15) is 9.59 Å². The van der Waals surface area contributed by atoms with E-state index in [-0.39, 0.29) is 12.2 Å². The van der Waals surface area contributed by atoms with Gasteiger partial charge in [0, 0.05) is 0 Å². The van der Waals surface area contributed by atoms with E-state index in [0.29, 0.717) is 0 Å². The maximum atomic E-state index is 12.4. The smallest absolute Gasteiger partial charge is 0.429 e. The van der Waals surface area contributed by atoms with Crippen LogP contribution in [0.25, 0.3) is 0 Å². The van der Waals surface area contributed by atoms with Crippen molar-refractivity contribution in [2.75, 3.05) is 13.2 Å². The van der Waals surface area contributed by atoms with Crippen molar-refractivity contribution in [3.05, 3.63) is 12.2 Å². The molecule has 7 nitrogen and oxygen atoms in total. The Morgan fingerprint density at radius 3 is 1.52 bits per heavy atom. The van der Waals surface area contributed by atoms with E-state index in [1.54, 1.807) is 12.2 Å². The van der Waals surface area contributed by atoms with E-state index in [4.69, 9.17) is 83.8 Å². The van der Waals surface area contributed by atoms with Gasteiger partial charge in [-0.15, -0.1) is 0 Å². The van der Waals surface area contributed by atoms with Crippen LogP contribution in [0.2, 0.25) is 0 Å². The number of epoxide rings is 1. The summed E-state index contributed by atoms with van der Waals surface area (Å²) in [4.78, 5) is 24.9. The molecule has 0 radical (unpaired) electrons. The minimum Gasteiger partial charge on any atom is -0.444 e. The van der Waals surface area contributed by atoms with E-state index >= 15 is 0 Å². The SMILES string of the molecule is O=C(OCC(Cl)(Cl)Cl)N1[C@@H]2C=C[C@H]([C@H]3O[C@@H]32)N1C(=O)OCC(Cl)(Cl)Cl. The normalized spacial score (nSPS) is 30.2. The number of halogens is 6. The molecule has 25 heavy (non-hydrogen) atoms. The molecule has 0 spiro atoms. The first-order valence-electron chi connectivity index (χ1n) is 6.87. The molecule has 0 saturated carbocycles. The van der Waals surface area contributed by atoms with Crippen LogP contribution >= 0.6 is 69.6 Å². The Kier molecular flexibility index (Phi) is 5.41. The Hall–Kier alpha value is -0.0200. The number of rotatable bonds is 2. The summed E-state index contributed by atoms with van der Waals surface area (Å²) in [7, 11) is 0. The van der Waals surface area contributed by atoms with Crippen molar-refractivity contribution in [3.63, 3.8) is 0 Å². The molecule has 2 amide bonds. The predicted molar refractivity (Wildman–Crippen MR) is 92.3 cm³/mol. The van der Waals surface area contributed by atoms with Crippen molar-refractivity contribution in [1.82, 2.24) is 10.0 Å². The fourth-order valence-corrected chi connectivity index (χ4v) is 3.03. The fraction of sp³-hybridized carbons (Fsp3) is 0.667. The molecule has 0 unspecified atom stereocenters. The van der Waals surface area contributed by atoms with Crippen LogP contribution in [0.4, 0.5) is 9.59 Å². The van der Waals surface area contributed by atoms with Crippen molar-refractivity contribution < 1.29 is 23.8 Å². The molecular weight excluding hydrogens is 465 g/mol. The van der Waals surface area contributed by atoms with Gasteiger partial charge in [-0.1, -0.05) is 81.8 Å². The van der Waals surface area contributed by atoms with Gasteiger partial charge in [-0.25, -0.2) is 19.6 Å². The van der Waals surface area contributed by atoms with Crippen molar-refractivity contribution >= 4 is 81.8 Å². The van der Waals surface area contributed by atoms with E-state index in [2.05, 4.69) is 0 Å². The van der Waals surface area contributed by atoms with Crippen LogP contribution in [0.1, 0.15) is 0 Å². The molecule has 0 N–H and O–H groups in total. The first-order valence-corrected chi connectivity index (χ1v) is 9.14. The number of hydrazine groups is 1. The zero-order chi connectivity index (χ0) is 18.6. The molecule has 1 aliphatic carbocycles. The first-order chi connectivity index (χ1) is 11.5. The number of hydrogen-bond acceptors (Lipinski definition) is 5. The van der Waals surface area contributed by atoms with Crippen molar-refractivity contribution in [2.45, 2.75) is 31.9 Å². The Morgan fingerprint density at radius 2 is 1.20 bits per heavy atom. The largest absolute Gasteiger partial charge is 0.444 e. The molecule has 2 fully saturated rings. The van der Waals surface area contributed by atoms with Gasteiger partial charge in [0.1, 0.15) is 37.5 Å². The van der Waals surface area contributed by atoms with Crippen LogP contribution in [-0.4, -0.2) is 67.3 Å². The quantitative estimate of drug-likeness (QED) is 0.347. The van der Waals surface area contributed by atoms with Gasteiger partial charge in [-0.2, -0.15) is 0 Å². The molecule has 4 rings (SSSR count). The Balaban J connectivity index is 1.75. The zero-order valence-corrected chi connectivity index (χ0v) is 16.6. The number of hydrogen-bond donors (Lipinski definition) is 0. The lowest BCUT2D eigenvalue weighted by molar-refractivity contribution is -0.0681. The molecule has 4 aliphatic rings. The Bertz CT molecular complexity index is 556. The summed E-state index contributed by atoms with van der Waals surface area (Å²) in [5.41, 5.74) is 0. The monoisotopic (exact) mass is 472 g/mol. The molecule has 0 aromatic rings. The molecular formula is C12H10Cl6N2O5. The highest BCUT2D eigenvalue weighted by molar-refractivity contribution is 6.68. The van der Waals surface area contributed by atoms with Gasteiger partial charge >= 0.3 is 12.2 Å². The molecule has 0 aromatic carbocycles. The lowest BCUT2D eigenvalue weighted by Crippen LogP contribution is -2.66. The summed E-state index contributed by atoms with van der Waals surface area (Å²) in [6.07, 6.45) is 1.18. The molecule has 0 aromatic heterocycles. The number of alkyl halides is 6. The number of ether oxygens (including phenoxy) is 3. The summed E-state index contributed by atoms with van der Waals surface area (Å²) in [6, 6.07) is -1.11. The minimum absolute atomic E-state index is 0.243. The van der Waals surface area contributed by atoms with Gasteiger partial charge in [-0.3, -0.25) is 0 Å². The van der Waals surface area contributed by atoms with E-state index in [1.807, 2.05) is 0 Å². The maximum Gasteiger partial charge on any atom is 0.429 e. The predicted octanol–water partition coefficient (Wildman–Crippen LogP) is 3.61. The van der Waals surface area contributed by atoms with E-state index < -0.39 is 45.1 Å². The van der Waals surface area contributed by atoms with Gasteiger partial charge in [0.2, 0.25) is 7.59 Å². The summed E-state index contributed by atoms with van der Waals surface area (Å²) in [5, 5.41) is 2.10. The Labute approximate surface area is 172 Å². The number of carbonyl (C=O) groups is 2. The average molecular weight is 475 g/mol. The second kappa shape index (κ2) is 6.86. The summed E-state index contributed by atoms with van der Waals surface area (Å²) in [6.45, 7) is -1.000. The third kappa shape index (κ3) is 4.46. The lowest BCUT2D eigenvalue weighted by Gasteiger charge is -2.46.